The third kappa shape index (κ3) is 2.71. The van der Waals surface area contributed by atoms with E-state index in [0.717, 1.165) is 80.2 Å². The Morgan fingerprint density at radius 1 is 1.07 bits per heavy atom. The van der Waals surface area contributed by atoms with Gasteiger partial charge in [0, 0.05) is 54.8 Å². The van der Waals surface area contributed by atoms with E-state index in [1.54, 1.807) is 6.33 Å². The molecule has 2 aliphatic heterocycles. The monoisotopic (exact) mass is 367 g/mol. The van der Waals surface area contributed by atoms with Gasteiger partial charge in [0.15, 0.2) is 0 Å². The molecule has 0 aromatic carbocycles. The summed E-state index contributed by atoms with van der Waals surface area (Å²) in [4.78, 5) is 26.1. The van der Waals surface area contributed by atoms with Gasteiger partial charge in [-0.1, -0.05) is 5.16 Å². The standard InChI is InChI=1S/C20H25N5O2/c1-12-13(2)21-11-22-19(12)24-7-14-9-25(10-15(14)8-24)20(26)18-16-5-3-4-6-17(16)23-27-18/h11,14-15H,3-10H2,1-2H3. The fourth-order valence-electron chi connectivity index (χ4n) is 4.88. The van der Waals surface area contributed by atoms with E-state index in [9.17, 15) is 4.79 Å². The largest absolute Gasteiger partial charge is 0.356 e. The van der Waals surface area contributed by atoms with Gasteiger partial charge >= 0.3 is 0 Å². The maximum atomic E-state index is 13.0. The van der Waals surface area contributed by atoms with Crippen molar-refractivity contribution < 1.29 is 9.32 Å². The molecule has 0 bridgehead atoms. The number of amides is 1. The molecule has 0 saturated carbocycles. The molecule has 5 rings (SSSR count). The van der Waals surface area contributed by atoms with Gasteiger partial charge in [-0.15, -0.1) is 0 Å². The van der Waals surface area contributed by atoms with Crippen molar-refractivity contribution in [2.75, 3.05) is 31.1 Å². The number of carbonyl (C=O) groups is 1. The molecule has 0 spiro atoms. The number of likely N-dealkylation sites (tertiary alicyclic amines) is 1. The topological polar surface area (TPSA) is 75.4 Å². The number of rotatable bonds is 2. The van der Waals surface area contributed by atoms with E-state index in [2.05, 4.69) is 26.9 Å². The van der Waals surface area contributed by atoms with Crippen LogP contribution in [0.15, 0.2) is 10.9 Å². The molecule has 2 unspecified atom stereocenters. The van der Waals surface area contributed by atoms with E-state index in [4.69, 9.17) is 4.52 Å². The lowest BCUT2D eigenvalue weighted by atomic mass is 9.96. The van der Waals surface area contributed by atoms with E-state index < -0.39 is 0 Å². The summed E-state index contributed by atoms with van der Waals surface area (Å²) in [6.07, 6.45) is 5.75. The molecule has 0 radical (unpaired) electrons. The van der Waals surface area contributed by atoms with E-state index in [-0.39, 0.29) is 5.91 Å². The summed E-state index contributed by atoms with van der Waals surface area (Å²) in [6, 6.07) is 0. The summed E-state index contributed by atoms with van der Waals surface area (Å²) in [5.74, 6) is 2.54. The Morgan fingerprint density at radius 3 is 2.59 bits per heavy atom. The summed E-state index contributed by atoms with van der Waals surface area (Å²) >= 11 is 0. The zero-order valence-electron chi connectivity index (χ0n) is 15.9. The van der Waals surface area contributed by atoms with Gasteiger partial charge in [-0.25, -0.2) is 9.97 Å². The van der Waals surface area contributed by atoms with Crippen molar-refractivity contribution in [2.24, 2.45) is 11.8 Å². The van der Waals surface area contributed by atoms with Crippen LogP contribution in [-0.4, -0.2) is 52.1 Å². The van der Waals surface area contributed by atoms with Gasteiger partial charge in [0.1, 0.15) is 12.1 Å². The Bertz CT molecular complexity index is 878. The van der Waals surface area contributed by atoms with Crippen LogP contribution in [0.5, 0.6) is 0 Å². The number of carbonyl (C=O) groups excluding carboxylic acids is 1. The van der Waals surface area contributed by atoms with Crippen LogP contribution < -0.4 is 4.90 Å². The molecular formula is C20H25N5O2. The lowest BCUT2D eigenvalue weighted by molar-refractivity contribution is 0.0739. The zero-order valence-corrected chi connectivity index (χ0v) is 15.9. The van der Waals surface area contributed by atoms with E-state index >= 15 is 0 Å². The van der Waals surface area contributed by atoms with Crippen molar-refractivity contribution >= 4 is 11.7 Å². The Kier molecular flexibility index (Phi) is 3.91. The van der Waals surface area contributed by atoms with Crippen LogP contribution in [0.1, 0.15) is 45.9 Å². The third-order valence-corrected chi connectivity index (χ3v) is 6.54. The highest BCUT2D eigenvalue weighted by atomic mass is 16.5. The number of hydrogen-bond acceptors (Lipinski definition) is 6. The highest BCUT2D eigenvalue weighted by molar-refractivity contribution is 5.93. The van der Waals surface area contributed by atoms with Gasteiger partial charge in [-0.05, 0) is 39.5 Å². The van der Waals surface area contributed by atoms with Crippen LogP contribution in [0.4, 0.5) is 5.82 Å². The lowest BCUT2D eigenvalue weighted by Crippen LogP contribution is -2.34. The van der Waals surface area contributed by atoms with Gasteiger partial charge in [0.25, 0.3) is 5.91 Å². The Hall–Kier alpha value is -2.44. The van der Waals surface area contributed by atoms with Crippen LogP contribution in [0.25, 0.3) is 0 Å². The molecule has 2 saturated heterocycles. The van der Waals surface area contributed by atoms with Crippen LogP contribution in [-0.2, 0) is 12.8 Å². The van der Waals surface area contributed by atoms with E-state index in [0.29, 0.717) is 17.6 Å². The lowest BCUT2D eigenvalue weighted by Gasteiger charge is -2.23. The molecule has 0 N–H and O–H groups in total. The van der Waals surface area contributed by atoms with Gasteiger partial charge in [-0.2, -0.15) is 0 Å². The molecule has 3 aliphatic rings. The molecule has 1 amide bonds. The van der Waals surface area contributed by atoms with Gasteiger partial charge in [-0.3, -0.25) is 4.79 Å². The molecule has 142 valence electrons. The minimum atomic E-state index is 0.0284. The van der Waals surface area contributed by atoms with Crippen molar-refractivity contribution in [1.82, 2.24) is 20.0 Å². The maximum absolute atomic E-state index is 13.0. The summed E-state index contributed by atoms with van der Waals surface area (Å²) < 4.78 is 5.46. The first kappa shape index (κ1) is 16.7. The molecule has 7 heteroatoms. The minimum absolute atomic E-state index is 0.0284. The molecule has 2 aromatic rings. The number of nitrogens with zero attached hydrogens (tertiary/aromatic N) is 5. The average molecular weight is 367 g/mol. The van der Waals surface area contributed by atoms with Crippen molar-refractivity contribution in [3.63, 3.8) is 0 Å². The highest BCUT2D eigenvalue weighted by Crippen LogP contribution is 2.36. The molecule has 4 heterocycles. The normalized spacial score (nSPS) is 24.2. The summed E-state index contributed by atoms with van der Waals surface area (Å²) in [5, 5.41) is 4.15. The molecule has 2 atom stereocenters. The van der Waals surface area contributed by atoms with Gasteiger partial charge in [0.05, 0.1) is 5.69 Å². The second-order valence-corrected chi connectivity index (χ2v) is 8.19. The quantitative estimate of drug-likeness (QED) is 0.810. The minimum Gasteiger partial charge on any atom is -0.356 e. The summed E-state index contributed by atoms with van der Waals surface area (Å²) in [5.41, 5.74) is 4.23. The maximum Gasteiger partial charge on any atom is 0.292 e. The fourth-order valence-corrected chi connectivity index (χ4v) is 4.88. The van der Waals surface area contributed by atoms with Gasteiger partial charge < -0.3 is 14.3 Å². The second kappa shape index (κ2) is 6.32. The first-order valence-electron chi connectivity index (χ1n) is 9.91. The SMILES string of the molecule is Cc1ncnc(N2CC3CN(C(=O)c4onc5c4CCCC5)CC3C2)c1C. The van der Waals surface area contributed by atoms with Crippen LogP contribution in [0.3, 0.4) is 0 Å². The van der Waals surface area contributed by atoms with E-state index in [1.807, 2.05) is 11.8 Å². The van der Waals surface area contributed by atoms with Crippen molar-refractivity contribution in [3.05, 3.63) is 34.6 Å². The highest BCUT2D eigenvalue weighted by Gasteiger charge is 2.43. The first-order valence-corrected chi connectivity index (χ1v) is 9.91. The molecule has 2 aromatic heterocycles. The van der Waals surface area contributed by atoms with Crippen molar-refractivity contribution in [2.45, 2.75) is 39.5 Å². The molecule has 2 fully saturated rings. The summed E-state index contributed by atoms with van der Waals surface area (Å²) in [7, 11) is 0. The van der Waals surface area contributed by atoms with Crippen LogP contribution >= 0.6 is 0 Å². The van der Waals surface area contributed by atoms with Crippen LogP contribution in [0, 0.1) is 25.7 Å². The fraction of sp³-hybridized carbons (Fsp3) is 0.600. The molecular weight excluding hydrogens is 342 g/mol. The van der Waals surface area contributed by atoms with E-state index in [1.165, 1.54) is 0 Å². The average Bonchev–Trinajstić information content (AvgIpc) is 3.36. The number of anilines is 1. The third-order valence-electron chi connectivity index (χ3n) is 6.54. The molecule has 1 aliphatic carbocycles. The first-order chi connectivity index (χ1) is 13.1. The predicted octanol–water partition coefficient (Wildman–Crippen LogP) is 2.17. The Morgan fingerprint density at radius 2 is 1.81 bits per heavy atom. The predicted molar refractivity (Wildman–Crippen MR) is 99.7 cm³/mol. The smallest absolute Gasteiger partial charge is 0.292 e. The number of fused-ring (bicyclic) bond motifs is 2. The summed E-state index contributed by atoms with van der Waals surface area (Å²) in [6.45, 7) is 7.58. The number of hydrogen-bond donors (Lipinski definition) is 0. The second-order valence-electron chi connectivity index (χ2n) is 8.19. The molecule has 27 heavy (non-hydrogen) atoms. The number of aromatic nitrogens is 3. The molecule has 7 nitrogen and oxygen atoms in total. The van der Waals surface area contributed by atoms with Crippen molar-refractivity contribution in [1.29, 1.82) is 0 Å². The Balaban J connectivity index is 1.29. The van der Waals surface area contributed by atoms with Gasteiger partial charge in [0.2, 0.25) is 5.76 Å². The number of aryl methyl sites for hydroxylation is 2. The Labute approximate surface area is 158 Å². The van der Waals surface area contributed by atoms with Crippen molar-refractivity contribution in [3.8, 4) is 0 Å². The van der Waals surface area contributed by atoms with Crippen LogP contribution in [0.2, 0.25) is 0 Å². The zero-order chi connectivity index (χ0) is 18.5.